The van der Waals surface area contributed by atoms with Crippen LogP contribution in [0, 0.1) is 0 Å². The van der Waals surface area contributed by atoms with E-state index in [4.69, 9.17) is 0 Å². The minimum absolute atomic E-state index is 0.666. The molecule has 1 unspecified atom stereocenters. The lowest BCUT2D eigenvalue weighted by Crippen LogP contribution is -1.82. The van der Waals surface area contributed by atoms with Gasteiger partial charge in [-0.1, -0.05) is 42.2 Å². The lowest BCUT2D eigenvalue weighted by atomic mass is 10.1. The summed E-state index contributed by atoms with van der Waals surface area (Å²) in [6.07, 6.45) is 17.7. The molecule has 0 fully saturated rings. The van der Waals surface area contributed by atoms with Crippen LogP contribution in [-0.4, -0.2) is 12.3 Å². The quantitative estimate of drug-likeness (QED) is 0.228. The molecule has 0 saturated carbocycles. The molecule has 0 saturated heterocycles. The lowest BCUT2D eigenvalue weighted by Gasteiger charge is -2.01. The van der Waals surface area contributed by atoms with Crippen LogP contribution >= 0.6 is 8.58 Å². The average Bonchev–Trinajstić information content (AvgIpc) is 2.38. The molecule has 0 heterocycles. The summed E-state index contributed by atoms with van der Waals surface area (Å²) < 4.78 is 0. The molecule has 0 aliphatic rings. The molecule has 0 rings (SSSR count). The fourth-order valence-corrected chi connectivity index (χ4v) is 3.59. The van der Waals surface area contributed by atoms with Crippen molar-refractivity contribution in [2.24, 2.45) is 0 Å². The molecule has 20 heavy (non-hydrogen) atoms. The lowest BCUT2D eigenvalue weighted by molar-refractivity contribution is 0.894. The summed E-state index contributed by atoms with van der Waals surface area (Å²) in [5, 5.41) is 0. The van der Waals surface area contributed by atoms with Crippen LogP contribution in [0.25, 0.3) is 0 Å². The van der Waals surface area contributed by atoms with Gasteiger partial charge in [0.25, 0.3) is 0 Å². The highest BCUT2D eigenvalue weighted by Crippen LogP contribution is 2.16. The Morgan fingerprint density at radius 2 is 1.45 bits per heavy atom. The van der Waals surface area contributed by atoms with Crippen molar-refractivity contribution in [3.63, 3.8) is 0 Å². The van der Waals surface area contributed by atoms with E-state index >= 15 is 0 Å². The molecule has 0 aromatic carbocycles. The first-order valence-corrected chi connectivity index (χ1v) is 9.95. The van der Waals surface area contributed by atoms with Crippen LogP contribution in [0.1, 0.15) is 73.1 Å². The third-order valence-electron chi connectivity index (χ3n) is 3.52. The second-order valence-corrected chi connectivity index (χ2v) is 7.75. The van der Waals surface area contributed by atoms with Crippen LogP contribution < -0.4 is 0 Å². The van der Waals surface area contributed by atoms with Crippen molar-refractivity contribution in [3.8, 4) is 0 Å². The maximum Gasteiger partial charge on any atom is 0.0730 e. The molecule has 0 N–H and O–H groups in total. The zero-order chi connectivity index (χ0) is 15.2. The van der Waals surface area contributed by atoms with Gasteiger partial charge in [0.2, 0.25) is 0 Å². The maximum atomic E-state index is 2.48. The van der Waals surface area contributed by atoms with Crippen molar-refractivity contribution < 1.29 is 0 Å². The highest BCUT2D eigenvalue weighted by atomic mass is 31.1. The predicted molar refractivity (Wildman–Crippen MR) is 99.8 cm³/mol. The normalized spacial score (nSPS) is 13.2. The Morgan fingerprint density at radius 3 is 2.05 bits per heavy atom. The molecule has 0 aromatic heterocycles. The number of allylic oxidation sites excluding steroid dienone is 6. The van der Waals surface area contributed by atoms with Gasteiger partial charge in [-0.3, -0.25) is 0 Å². The summed E-state index contributed by atoms with van der Waals surface area (Å²) in [4.78, 5) is 0. The van der Waals surface area contributed by atoms with Crippen LogP contribution in [0.4, 0.5) is 0 Å². The molecular formula is C19H36P+. The van der Waals surface area contributed by atoms with Crippen LogP contribution in [0.15, 0.2) is 34.9 Å². The number of hydrogen-bond acceptors (Lipinski definition) is 0. The molecule has 0 nitrogen and oxygen atoms in total. The third kappa shape index (κ3) is 14.1. The van der Waals surface area contributed by atoms with Crippen LogP contribution in [0.2, 0.25) is 0 Å². The van der Waals surface area contributed by atoms with Crippen molar-refractivity contribution in [1.82, 2.24) is 0 Å². The van der Waals surface area contributed by atoms with Gasteiger partial charge in [-0.15, -0.1) is 0 Å². The Bertz CT molecular complexity index is 317. The third-order valence-corrected chi connectivity index (χ3v) is 4.90. The molecule has 1 heteroatoms. The van der Waals surface area contributed by atoms with Gasteiger partial charge in [-0.2, -0.15) is 0 Å². The SMILES string of the molecule is CCCC[PH2+]CC=C(C)CC/C=C(\C)CCC=C(C)C. The van der Waals surface area contributed by atoms with Crippen LogP contribution in [-0.2, 0) is 0 Å². The highest BCUT2D eigenvalue weighted by Gasteiger charge is 1.94. The maximum absolute atomic E-state index is 2.48. The van der Waals surface area contributed by atoms with E-state index in [1.807, 2.05) is 0 Å². The molecule has 0 bridgehead atoms. The molecular weight excluding hydrogens is 259 g/mol. The standard InChI is InChI=1S/C19H35P/c1-6-7-15-20-16-14-19(5)13-9-12-18(4)11-8-10-17(2)3/h10,12,14,20H,6-9,11,13,15-16H2,1-5H3/p+1/b18-12+,19-14?. The topological polar surface area (TPSA) is 0 Å². The second kappa shape index (κ2) is 13.6. The van der Waals surface area contributed by atoms with Crippen molar-refractivity contribution in [2.75, 3.05) is 12.3 Å². The highest BCUT2D eigenvalue weighted by molar-refractivity contribution is 7.38. The molecule has 0 aliphatic heterocycles. The molecule has 1 atom stereocenters. The molecule has 0 radical (unpaired) electrons. The minimum atomic E-state index is 0.666. The second-order valence-electron chi connectivity index (χ2n) is 6.13. The zero-order valence-corrected chi connectivity index (χ0v) is 15.6. The van der Waals surface area contributed by atoms with E-state index in [2.05, 4.69) is 52.8 Å². The van der Waals surface area contributed by atoms with E-state index in [9.17, 15) is 0 Å². The number of unbranched alkanes of at least 4 members (excludes halogenated alkanes) is 1. The van der Waals surface area contributed by atoms with E-state index in [1.54, 1.807) is 11.1 Å². The molecule has 0 amide bonds. The summed E-state index contributed by atoms with van der Waals surface area (Å²) in [6, 6.07) is 0. The first kappa shape index (κ1) is 19.7. The van der Waals surface area contributed by atoms with Crippen LogP contribution in [0.5, 0.6) is 0 Å². The van der Waals surface area contributed by atoms with Gasteiger partial charge >= 0.3 is 0 Å². The van der Waals surface area contributed by atoms with Crippen molar-refractivity contribution >= 4 is 8.58 Å². The van der Waals surface area contributed by atoms with Gasteiger partial charge in [0.15, 0.2) is 0 Å². The first-order valence-electron chi connectivity index (χ1n) is 8.32. The first-order chi connectivity index (χ1) is 9.56. The fourth-order valence-electron chi connectivity index (χ4n) is 2.09. The summed E-state index contributed by atoms with van der Waals surface area (Å²) >= 11 is 0. The van der Waals surface area contributed by atoms with E-state index in [0.717, 1.165) is 0 Å². The summed E-state index contributed by atoms with van der Waals surface area (Å²) in [5.41, 5.74) is 4.56. The van der Waals surface area contributed by atoms with Crippen molar-refractivity contribution in [1.29, 1.82) is 0 Å². The number of rotatable bonds is 11. The zero-order valence-electron chi connectivity index (χ0n) is 14.5. The van der Waals surface area contributed by atoms with E-state index in [-0.39, 0.29) is 0 Å². The largest absolute Gasteiger partial charge is 0.0856 e. The van der Waals surface area contributed by atoms with Crippen LogP contribution in [0.3, 0.4) is 0 Å². The van der Waals surface area contributed by atoms with E-state index < -0.39 is 0 Å². The van der Waals surface area contributed by atoms with Gasteiger partial charge < -0.3 is 0 Å². The number of hydrogen-bond donors (Lipinski definition) is 0. The van der Waals surface area contributed by atoms with Gasteiger partial charge in [-0.05, 0) is 74.5 Å². The van der Waals surface area contributed by atoms with E-state index in [0.29, 0.717) is 8.58 Å². The monoisotopic (exact) mass is 295 g/mol. The smallest absolute Gasteiger partial charge is 0.0730 e. The summed E-state index contributed by atoms with van der Waals surface area (Å²) in [7, 11) is 0.666. The minimum Gasteiger partial charge on any atom is -0.0856 e. The van der Waals surface area contributed by atoms with Gasteiger partial charge in [0, 0.05) is 0 Å². The van der Waals surface area contributed by atoms with Crippen molar-refractivity contribution in [3.05, 3.63) is 34.9 Å². The van der Waals surface area contributed by atoms with Gasteiger partial charge in [0.05, 0.1) is 12.3 Å². The molecule has 0 aromatic rings. The van der Waals surface area contributed by atoms with Crippen molar-refractivity contribution in [2.45, 2.75) is 73.1 Å². The Labute approximate surface area is 129 Å². The summed E-state index contributed by atoms with van der Waals surface area (Å²) in [6.45, 7) is 11.2. The fraction of sp³-hybridized carbons (Fsp3) is 0.684. The van der Waals surface area contributed by atoms with Gasteiger partial charge in [0.1, 0.15) is 0 Å². The average molecular weight is 295 g/mol. The predicted octanol–water partition coefficient (Wildman–Crippen LogP) is 6.62. The Hall–Kier alpha value is -0.350. The molecule has 0 aliphatic carbocycles. The Kier molecular flexibility index (Phi) is 13.4. The molecule has 116 valence electrons. The van der Waals surface area contributed by atoms with E-state index in [1.165, 1.54) is 56.4 Å². The Morgan fingerprint density at radius 1 is 0.850 bits per heavy atom. The Balaban J connectivity index is 3.74. The summed E-state index contributed by atoms with van der Waals surface area (Å²) in [5.74, 6) is 0. The molecule has 0 spiro atoms. The van der Waals surface area contributed by atoms with Gasteiger partial charge in [-0.25, -0.2) is 0 Å².